The Labute approximate surface area is 334 Å². The van der Waals surface area contributed by atoms with Gasteiger partial charge in [0.15, 0.2) is 0 Å². The van der Waals surface area contributed by atoms with Crippen LogP contribution < -0.4 is 20.9 Å². The number of benzene rings is 7. The minimum Gasteiger partial charge on any atom is -0.455 e. The van der Waals surface area contributed by atoms with E-state index in [0.717, 1.165) is 33.1 Å². The van der Waals surface area contributed by atoms with Crippen molar-refractivity contribution in [3.8, 4) is 11.1 Å². The third kappa shape index (κ3) is 5.26. The second kappa shape index (κ2) is 13.2. The van der Waals surface area contributed by atoms with Gasteiger partial charge < -0.3 is 9.32 Å². The highest BCUT2D eigenvalue weighted by Gasteiger charge is 2.37. The second-order valence-electron chi connectivity index (χ2n) is 15.3. The Balaban J connectivity index is 0.969. The monoisotopic (exact) mass is 754 g/mol. The zero-order valence-corrected chi connectivity index (χ0v) is 31.8. The number of hydrogen-bond acceptors (Lipinski definition) is 6. The van der Waals surface area contributed by atoms with Gasteiger partial charge in [-0.05, 0) is 52.6 Å². The fourth-order valence-electron chi connectivity index (χ4n) is 9.57. The Bertz CT molecular complexity index is 3010. The lowest BCUT2D eigenvalue weighted by molar-refractivity contribution is 0.204. The van der Waals surface area contributed by atoms with Gasteiger partial charge in [-0.3, -0.25) is 16.0 Å². The van der Waals surface area contributed by atoms with Gasteiger partial charge in [0.2, 0.25) is 0 Å². The lowest BCUT2D eigenvalue weighted by Crippen LogP contribution is -2.54. The lowest BCUT2D eigenvalue weighted by Gasteiger charge is -2.39. The summed E-state index contributed by atoms with van der Waals surface area (Å²) in [4.78, 5) is 2.52. The fourth-order valence-corrected chi connectivity index (χ4v) is 10.8. The molecular weight excluding hydrogens is 717 g/mol. The Hall–Kier alpha value is -6.28. The van der Waals surface area contributed by atoms with E-state index in [9.17, 15) is 0 Å². The van der Waals surface area contributed by atoms with E-state index in [-0.39, 0.29) is 24.5 Å². The number of nitrogens with zero attached hydrogens (tertiary/aromatic N) is 1. The summed E-state index contributed by atoms with van der Waals surface area (Å²) in [5, 5.41) is 16.4. The summed E-state index contributed by atoms with van der Waals surface area (Å²) in [7, 11) is 0. The molecule has 9 aromatic rings. The van der Waals surface area contributed by atoms with Crippen LogP contribution in [0.5, 0.6) is 0 Å². The normalized spacial score (nSPS) is 21.5. The number of allylic oxidation sites excluding steroid dienone is 2. The molecule has 12 rings (SSSR count). The SMILES string of the molecule is C1=CC2c3ccccc3N(c3ccc4sc5c(-c6cccc7c6oc6cccc(C8NC(c9ccccc9)NC(c9ccccc9)N8)c67)cccc5c4c3)C2C=C1. The maximum atomic E-state index is 6.90. The molecule has 57 heavy (non-hydrogen) atoms. The molecule has 3 N–H and O–H groups in total. The first kappa shape index (κ1) is 32.9. The summed E-state index contributed by atoms with van der Waals surface area (Å²) in [6.45, 7) is 0. The molecule has 5 nitrogen and oxygen atoms in total. The van der Waals surface area contributed by atoms with Crippen LogP contribution in [0, 0.1) is 0 Å². The molecule has 274 valence electrons. The van der Waals surface area contributed by atoms with Gasteiger partial charge in [-0.25, -0.2) is 0 Å². The van der Waals surface area contributed by atoms with Gasteiger partial charge in [0.05, 0.1) is 24.5 Å². The van der Waals surface area contributed by atoms with Crippen molar-refractivity contribution in [2.24, 2.45) is 0 Å². The first-order chi connectivity index (χ1) is 28.3. The highest BCUT2D eigenvalue weighted by Crippen LogP contribution is 2.50. The van der Waals surface area contributed by atoms with Crippen molar-refractivity contribution in [1.82, 2.24) is 16.0 Å². The van der Waals surface area contributed by atoms with Crippen LogP contribution in [0.25, 0.3) is 53.2 Å². The molecule has 0 amide bonds. The van der Waals surface area contributed by atoms with E-state index >= 15 is 0 Å². The molecular formula is C51H38N4OS. The van der Waals surface area contributed by atoms with Crippen molar-refractivity contribution in [3.63, 3.8) is 0 Å². The van der Waals surface area contributed by atoms with Gasteiger partial charge in [0.25, 0.3) is 0 Å². The fraction of sp³-hybridized carbons (Fsp3) is 0.0980. The molecule has 4 unspecified atom stereocenters. The van der Waals surface area contributed by atoms with Crippen molar-refractivity contribution in [2.45, 2.75) is 30.5 Å². The van der Waals surface area contributed by atoms with Gasteiger partial charge in [-0.1, -0.05) is 152 Å². The summed E-state index contributed by atoms with van der Waals surface area (Å²) < 4.78 is 9.46. The molecule has 7 aromatic carbocycles. The highest BCUT2D eigenvalue weighted by atomic mass is 32.1. The number of rotatable bonds is 5. The molecule has 0 saturated carbocycles. The Kier molecular flexibility index (Phi) is 7.60. The van der Waals surface area contributed by atoms with E-state index in [0.29, 0.717) is 5.92 Å². The number of nitrogens with one attached hydrogen (secondary N) is 3. The van der Waals surface area contributed by atoms with Crippen LogP contribution in [-0.2, 0) is 0 Å². The maximum Gasteiger partial charge on any atom is 0.143 e. The van der Waals surface area contributed by atoms with E-state index in [1.54, 1.807) is 0 Å². The van der Waals surface area contributed by atoms with Crippen LogP contribution in [0.1, 0.15) is 46.7 Å². The van der Waals surface area contributed by atoms with E-state index in [1.807, 2.05) is 11.3 Å². The van der Waals surface area contributed by atoms with Crippen molar-refractivity contribution < 1.29 is 4.42 Å². The van der Waals surface area contributed by atoms with E-state index in [1.165, 1.54) is 53.8 Å². The summed E-state index contributed by atoms with van der Waals surface area (Å²) in [6, 6.07) is 57.2. The minimum absolute atomic E-state index is 0.0599. The second-order valence-corrected chi connectivity index (χ2v) is 16.4. The predicted molar refractivity (Wildman–Crippen MR) is 236 cm³/mol. The lowest BCUT2D eigenvalue weighted by atomic mass is 9.91. The Morgan fingerprint density at radius 1 is 0.526 bits per heavy atom. The average Bonchev–Trinajstić information content (AvgIpc) is 3.96. The van der Waals surface area contributed by atoms with Gasteiger partial charge in [-0.15, -0.1) is 11.3 Å². The smallest absolute Gasteiger partial charge is 0.143 e. The zero-order chi connectivity index (χ0) is 37.5. The topological polar surface area (TPSA) is 52.5 Å². The van der Waals surface area contributed by atoms with Crippen LogP contribution in [0.3, 0.4) is 0 Å². The quantitative estimate of drug-likeness (QED) is 0.163. The largest absolute Gasteiger partial charge is 0.455 e. The first-order valence-corrected chi connectivity index (χ1v) is 20.6. The van der Waals surface area contributed by atoms with E-state index < -0.39 is 0 Å². The molecule has 1 aliphatic carbocycles. The van der Waals surface area contributed by atoms with Crippen LogP contribution >= 0.6 is 11.3 Å². The van der Waals surface area contributed by atoms with Crippen LogP contribution in [-0.4, -0.2) is 6.04 Å². The predicted octanol–water partition coefficient (Wildman–Crippen LogP) is 12.5. The van der Waals surface area contributed by atoms with Crippen molar-refractivity contribution in [3.05, 3.63) is 204 Å². The standard InChI is InChI=1S/C51H38N4OS/c1-3-14-31(15-4-1)49-52-50(32-16-5-2-6-17-32)54-51(53-49)40-24-13-27-44-46(40)39-23-11-20-36(47(39)56-44)37-21-12-22-38-41-30-33(28-29-45(41)57-48(37)38)55-42-25-9-7-18-34(42)35-19-8-10-26-43(35)55/h1-30,34,42,49-54H. The van der Waals surface area contributed by atoms with Crippen LogP contribution in [0.15, 0.2) is 186 Å². The van der Waals surface area contributed by atoms with E-state index in [2.05, 4.69) is 203 Å². The molecule has 2 aliphatic heterocycles. The molecule has 3 aliphatic rings. The van der Waals surface area contributed by atoms with Crippen LogP contribution in [0.2, 0.25) is 0 Å². The molecule has 1 saturated heterocycles. The van der Waals surface area contributed by atoms with Crippen molar-refractivity contribution >= 4 is 64.8 Å². The highest BCUT2D eigenvalue weighted by molar-refractivity contribution is 7.26. The number of para-hydroxylation sites is 2. The average molecular weight is 755 g/mol. The van der Waals surface area contributed by atoms with Gasteiger partial charge in [0, 0.05) is 59.4 Å². The third-order valence-corrected chi connectivity index (χ3v) is 13.4. The zero-order valence-electron chi connectivity index (χ0n) is 31.0. The summed E-state index contributed by atoms with van der Waals surface area (Å²) in [6.07, 6.45) is 8.80. The molecule has 6 heteroatoms. The summed E-state index contributed by atoms with van der Waals surface area (Å²) in [5.41, 5.74) is 11.6. The van der Waals surface area contributed by atoms with Gasteiger partial charge in [0.1, 0.15) is 11.2 Å². The number of thiophene rings is 1. The molecule has 2 aromatic heterocycles. The van der Waals surface area contributed by atoms with Crippen molar-refractivity contribution in [1.29, 1.82) is 0 Å². The Morgan fingerprint density at radius 2 is 1.19 bits per heavy atom. The maximum absolute atomic E-state index is 6.90. The van der Waals surface area contributed by atoms with Crippen molar-refractivity contribution in [2.75, 3.05) is 4.90 Å². The van der Waals surface area contributed by atoms with Gasteiger partial charge in [-0.2, -0.15) is 0 Å². The first-order valence-electron chi connectivity index (χ1n) is 19.8. The molecule has 0 bridgehead atoms. The summed E-state index contributed by atoms with van der Waals surface area (Å²) in [5.74, 6) is 0.356. The number of furan rings is 1. The van der Waals surface area contributed by atoms with E-state index in [4.69, 9.17) is 4.42 Å². The molecule has 4 heterocycles. The molecule has 0 spiro atoms. The number of anilines is 2. The molecule has 1 fully saturated rings. The Morgan fingerprint density at radius 3 is 2.00 bits per heavy atom. The number of fused-ring (bicyclic) bond motifs is 9. The molecule has 0 radical (unpaired) electrons. The van der Waals surface area contributed by atoms with Gasteiger partial charge >= 0.3 is 0 Å². The minimum atomic E-state index is -0.145. The third-order valence-electron chi connectivity index (χ3n) is 12.1. The van der Waals surface area contributed by atoms with Crippen LogP contribution in [0.4, 0.5) is 11.4 Å². The summed E-state index contributed by atoms with van der Waals surface area (Å²) >= 11 is 1.87. The molecule has 4 atom stereocenters. The number of hydrogen-bond donors (Lipinski definition) is 3.